The smallest absolute Gasteiger partial charge is 0.241 e. The summed E-state index contributed by atoms with van der Waals surface area (Å²) in [6.07, 6.45) is 0.243. The van der Waals surface area contributed by atoms with Crippen LogP contribution in [0.5, 0.6) is 0 Å². The zero-order valence-corrected chi connectivity index (χ0v) is 11.8. The molecule has 0 aromatic heterocycles. The molecule has 1 heterocycles. The number of hydrogen-bond donors (Lipinski definition) is 1. The molecule has 0 aliphatic carbocycles. The fourth-order valence-electron chi connectivity index (χ4n) is 2.43. The van der Waals surface area contributed by atoms with Crippen molar-refractivity contribution in [1.29, 1.82) is 5.26 Å². The standard InChI is InChI=1S/C15H19N3O2/c1-11(19)13-5-4-12(9-16)8-14(13)18-7-3-6-17(2)15(20)10-18/h4-5,8,11,19H,3,6-7,10H2,1-2H3/t11-/m1/s1. The highest BCUT2D eigenvalue weighted by atomic mass is 16.3. The van der Waals surface area contributed by atoms with Crippen LogP contribution in [0.4, 0.5) is 5.69 Å². The van der Waals surface area contributed by atoms with Gasteiger partial charge in [-0.2, -0.15) is 5.26 Å². The summed E-state index contributed by atoms with van der Waals surface area (Å²) in [4.78, 5) is 15.7. The lowest BCUT2D eigenvalue weighted by atomic mass is 10.0. The molecule has 1 N–H and O–H groups in total. The van der Waals surface area contributed by atoms with Crippen LogP contribution in [-0.4, -0.2) is 42.6 Å². The third-order valence-electron chi connectivity index (χ3n) is 3.62. The second kappa shape index (κ2) is 5.93. The topological polar surface area (TPSA) is 67.6 Å². The second-order valence-electron chi connectivity index (χ2n) is 5.15. The van der Waals surface area contributed by atoms with Gasteiger partial charge in [0.2, 0.25) is 5.91 Å². The van der Waals surface area contributed by atoms with E-state index in [4.69, 9.17) is 5.26 Å². The van der Waals surface area contributed by atoms with Crippen LogP contribution in [0.15, 0.2) is 18.2 Å². The fourth-order valence-corrected chi connectivity index (χ4v) is 2.43. The van der Waals surface area contributed by atoms with E-state index in [2.05, 4.69) is 6.07 Å². The van der Waals surface area contributed by atoms with Gasteiger partial charge in [0, 0.05) is 31.4 Å². The van der Waals surface area contributed by atoms with E-state index in [1.165, 1.54) is 0 Å². The molecule has 106 valence electrons. The Balaban J connectivity index is 2.39. The molecule has 0 saturated carbocycles. The maximum atomic E-state index is 12.0. The Bertz CT molecular complexity index is 549. The highest BCUT2D eigenvalue weighted by Gasteiger charge is 2.22. The van der Waals surface area contributed by atoms with Gasteiger partial charge in [0.05, 0.1) is 24.3 Å². The molecule has 1 atom stereocenters. The van der Waals surface area contributed by atoms with Crippen molar-refractivity contribution >= 4 is 11.6 Å². The van der Waals surface area contributed by atoms with Gasteiger partial charge >= 0.3 is 0 Å². The first-order chi connectivity index (χ1) is 9.52. The van der Waals surface area contributed by atoms with Crippen molar-refractivity contribution < 1.29 is 9.90 Å². The maximum Gasteiger partial charge on any atom is 0.241 e. The summed E-state index contributed by atoms with van der Waals surface area (Å²) < 4.78 is 0. The maximum absolute atomic E-state index is 12.0. The van der Waals surface area contributed by atoms with E-state index in [9.17, 15) is 9.90 Å². The van der Waals surface area contributed by atoms with Crippen LogP contribution in [0.25, 0.3) is 0 Å². The molecule has 1 amide bonds. The molecule has 0 spiro atoms. The Morgan fingerprint density at radius 2 is 2.15 bits per heavy atom. The van der Waals surface area contributed by atoms with E-state index in [0.29, 0.717) is 5.56 Å². The number of nitriles is 1. The summed E-state index contributed by atoms with van der Waals surface area (Å²) >= 11 is 0. The number of aliphatic hydroxyl groups is 1. The lowest BCUT2D eigenvalue weighted by Crippen LogP contribution is -2.34. The zero-order valence-electron chi connectivity index (χ0n) is 11.8. The number of likely N-dealkylation sites (N-methyl/N-ethyl adjacent to an activating group) is 1. The predicted octanol–water partition coefficient (Wildman–Crippen LogP) is 1.28. The van der Waals surface area contributed by atoms with Crippen molar-refractivity contribution in [3.63, 3.8) is 0 Å². The minimum Gasteiger partial charge on any atom is -0.389 e. The average Bonchev–Trinajstić information content (AvgIpc) is 2.60. The van der Waals surface area contributed by atoms with Crippen molar-refractivity contribution in [2.45, 2.75) is 19.4 Å². The number of benzene rings is 1. The average molecular weight is 273 g/mol. The molecule has 0 bridgehead atoms. The Hall–Kier alpha value is -2.06. The van der Waals surface area contributed by atoms with E-state index in [-0.39, 0.29) is 12.5 Å². The van der Waals surface area contributed by atoms with Gasteiger partial charge in [0.15, 0.2) is 0 Å². The number of rotatable bonds is 2. The third kappa shape index (κ3) is 2.91. The first-order valence-electron chi connectivity index (χ1n) is 6.74. The summed E-state index contributed by atoms with van der Waals surface area (Å²) in [7, 11) is 1.80. The van der Waals surface area contributed by atoms with Crippen molar-refractivity contribution in [1.82, 2.24) is 4.90 Å². The van der Waals surface area contributed by atoms with Crippen molar-refractivity contribution in [2.24, 2.45) is 0 Å². The van der Waals surface area contributed by atoms with Crippen LogP contribution in [0.2, 0.25) is 0 Å². The van der Waals surface area contributed by atoms with Gasteiger partial charge in [-0.25, -0.2) is 0 Å². The highest BCUT2D eigenvalue weighted by molar-refractivity contribution is 5.82. The molecule has 0 radical (unpaired) electrons. The summed E-state index contributed by atoms with van der Waals surface area (Å²) in [5.74, 6) is 0.0569. The number of nitrogens with zero attached hydrogens (tertiary/aromatic N) is 3. The van der Waals surface area contributed by atoms with Gasteiger partial charge in [0.25, 0.3) is 0 Å². The molecule has 1 aromatic rings. The summed E-state index contributed by atoms with van der Waals surface area (Å²) in [5.41, 5.74) is 2.07. The van der Waals surface area contributed by atoms with Crippen LogP contribution in [-0.2, 0) is 4.79 Å². The lowest BCUT2D eigenvalue weighted by Gasteiger charge is -2.26. The first-order valence-corrected chi connectivity index (χ1v) is 6.74. The van der Waals surface area contributed by atoms with Crippen LogP contribution in [0.3, 0.4) is 0 Å². The fraction of sp³-hybridized carbons (Fsp3) is 0.467. The largest absolute Gasteiger partial charge is 0.389 e. The third-order valence-corrected chi connectivity index (χ3v) is 3.62. The summed E-state index contributed by atoms with van der Waals surface area (Å²) in [5, 5.41) is 18.9. The van der Waals surface area contributed by atoms with Gasteiger partial charge in [-0.05, 0) is 25.5 Å². The number of amides is 1. The van der Waals surface area contributed by atoms with Gasteiger partial charge in [-0.15, -0.1) is 0 Å². The minimum atomic E-state index is -0.631. The molecule has 2 rings (SSSR count). The Morgan fingerprint density at radius 1 is 1.40 bits per heavy atom. The van der Waals surface area contributed by atoms with Crippen LogP contribution < -0.4 is 4.90 Å². The number of hydrogen-bond acceptors (Lipinski definition) is 4. The molecule has 1 aliphatic heterocycles. The molecule has 1 fully saturated rings. The van der Waals surface area contributed by atoms with E-state index in [0.717, 1.165) is 30.8 Å². The Morgan fingerprint density at radius 3 is 2.80 bits per heavy atom. The molecule has 1 aliphatic rings. The zero-order chi connectivity index (χ0) is 14.7. The number of anilines is 1. The lowest BCUT2D eigenvalue weighted by molar-refractivity contribution is -0.127. The van der Waals surface area contributed by atoms with Crippen molar-refractivity contribution in [3.05, 3.63) is 29.3 Å². The Labute approximate surface area is 119 Å². The second-order valence-corrected chi connectivity index (χ2v) is 5.15. The van der Waals surface area contributed by atoms with Gasteiger partial charge in [0.1, 0.15) is 0 Å². The van der Waals surface area contributed by atoms with Crippen LogP contribution in [0.1, 0.15) is 30.6 Å². The highest BCUT2D eigenvalue weighted by Crippen LogP contribution is 2.28. The molecular formula is C15H19N3O2. The molecule has 20 heavy (non-hydrogen) atoms. The quantitative estimate of drug-likeness (QED) is 0.881. The van der Waals surface area contributed by atoms with E-state index in [1.807, 2.05) is 4.90 Å². The molecule has 5 nitrogen and oxygen atoms in total. The van der Waals surface area contributed by atoms with Gasteiger partial charge < -0.3 is 14.9 Å². The van der Waals surface area contributed by atoms with E-state index >= 15 is 0 Å². The molecule has 1 aromatic carbocycles. The normalized spacial score (nSPS) is 17.6. The molecule has 0 unspecified atom stereocenters. The molecular weight excluding hydrogens is 254 g/mol. The number of aliphatic hydroxyl groups excluding tert-OH is 1. The monoisotopic (exact) mass is 273 g/mol. The van der Waals surface area contributed by atoms with Gasteiger partial charge in [-0.3, -0.25) is 4.79 Å². The van der Waals surface area contributed by atoms with Crippen LogP contribution in [0, 0.1) is 11.3 Å². The number of carbonyl (C=O) groups excluding carboxylic acids is 1. The molecule has 1 saturated heterocycles. The Kier molecular flexibility index (Phi) is 4.26. The minimum absolute atomic E-state index is 0.0569. The molecule has 5 heteroatoms. The van der Waals surface area contributed by atoms with E-state index in [1.54, 1.807) is 37.1 Å². The summed E-state index contributed by atoms with van der Waals surface area (Å²) in [6.45, 7) is 3.45. The predicted molar refractivity (Wildman–Crippen MR) is 76.3 cm³/mol. The van der Waals surface area contributed by atoms with Gasteiger partial charge in [-0.1, -0.05) is 6.07 Å². The number of carbonyl (C=O) groups is 1. The summed E-state index contributed by atoms with van der Waals surface area (Å²) in [6, 6.07) is 7.31. The van der Waals surface area contributed by atoms with Crippen molar-refractivity contribution in [3.8, 4) is 6.07 Å². The SMILES string of the molecule is C[C@@H](O)c1ccc(C#N)cc1N1CCCN(C)C(=O)C1. The van der Waals surface area contributed by atoms with Crippen molar-refractivity contribution in [2.75, 3.05) is 31.6 Å². The van der Waals surface area contributed by atoms with Crippen LogP contribution >= 0.6 is 0 Å². The first kappa shape index (κ1) is 14.4. The van der Waals surface area contributed by atoms with E-state index < -0.39 is 6.10 Å².